The van der Waals surface area contributed by atoms with Crippen molar-refractivity contribution in [1.82, 2.24) is 0 Å². The molecule has 0 spiro atoms. The third kappa shape index (κ3) is 4.99. The zero-order valence-electron chi connectivity index (χ0n) is 12.5. The lowest BCUT2D eigenvalue weighted by molar-refractivity contribution is -0.148. The number of esters is 1. The van der Waals surface area contributed by atoms with E-state index in [1.165, 1.54) is 4.88 Å². The molecule has 5 heteroatoms. The first-order valence-electron chi connectivity index (χ1n) is 7.04. The summed E-state index contributed by atoms with van der Waals surface area (Å²) in [5.74, 6) is 5.69. The molecule has 0 radical (unpaired) electrons. The van der Waals surface area contributed by atoms with Crippen LogP contribution >= 0.6 is 22.7 Å². The molecule has 2 aromatic rings. The van der Waals surface area contributed by atoms with Gasteiger partial charge in [0, 0.05) is 16.2 Å². The number of thiophene rings is 2. The molecule has 2 heterocycles. The fourth-order valence-corrected chi connectivity index (χ4v) is 3.46. The minimum atomic E-state index is -0.765. The van der Waals surface area contributed by atoms with Crippen LogP contribution in [0.15, 0.2) is 29.6 Å². The van der Waals surface area contributed by atoms with Crippen LogP contribution in [0, 0.1) is 17.8 Å². The summed E-state index contributed by atoms with van der Waals surface area (Å²) < 4.78 is 5.16. The summed E-state index contributed by atoms with van der Waals surface area (Å²) in [5, 5.41) is 11.3. The zero-order chi connectivity index (χ0) is 15.9. The Kier molecular flexibility index (Phi) is 6.20. The van der Waals surface area contributed by atoms with Crippen molar-refractivity contribution in [1.29, 1.82) is 0 Å². The summed E-state index contributed by atoms with van der Waals surface area (Å²) in [6, 6.07) is 8.05. The third-order valence-corrected chi connectivity index (χ3v) is 4.81. The first kappa shape index (κ1) is 16.8. The number of carbonyl (C=O) groups excluding carboxylic acids is 1. The number of rotatable bonds is 5. The first-order valence-corrected chi connectivity index (χ1v) is 8.73. The molecule has 0 bridgehead atoms. The van der Waals surface area contributed by atoms with Crippen molar-refractivity contribution in [2.45, 2.75) is 26.4 Å². The molecule has 3 nitrogen and oxygen atoms in total. The molecule has 0 aromatic carbocycles. The Morgan fingerprint density at radius 3 is 2.77 bits per heavy atom. The van der Waals surface area contributed by atoms with Crippen molar-refractivity contribution in [2.75, 3.05) is 6.61 Å². The van der Waals surface area contributed by atoms with Crippen molar-refractivity contribution >= 4 is 28.6 Å². The molecule has 116 valence electrons. The minimum Gasteiger partial charge on any atom is -0.447 e. The lowest BCUT2D eigenvalue weighted by Crippen LogP contribution is -2.21. The Bertz CT molecular complexity index is 660. The van der Waals surface area contributed by atoms with Crippen LogP contribution in [0.25, 0.3) is 9.75 Å². The highest BCUT2D eigenvalue weighted by Crippen LogP contribution is 2.31. The largest absolute Gasteiger partial charge is 0.447 e. The van der Waals surface area contributed by atoms with Crippen LogP contribution in [0.3, 0.4) is 0 Å². The second-order valence-electron chi connectivity index (χ2n) is 5.17. The fourth-order valence-electron chi connectivity index (χ4n) is 1.76. The van der Waals surface area contributed by atoms with Crippen LogP contribution in [0.4, 0.5) is 0 Å². The van der Waals surface area contributed by atoms with Gasteiger partial charge in [0.2, 0.25) is 0 Å². The smallest absolute Gasteiger partial charge is 0.307 e. The predicted molar refractivity (Wildman–Crippen MR) is 90.9 cm³/mol. The van der Waals surface area contributed by atoms with Crippen LogP contribution in [0.2, 0.25) is 0 Å². The van der Waals surface area contributed by atoms with Gasteiger partial charge in [0.25, 0.3) is 0 Å². The Hall–Kier alpha value is -1.61. The molecule has 1 N–H and O–H groups in total. The van der Waals surface area contributed by atoms with Crippen LogP contribution in [-0.2, 0) is 9.53 Å². The van der Waals surface area contributed by atoms with Crippen LogP contribution < -0.4 is 0 Å². The Morgan fingerprint density at radius 2 is 2.14 bits per heavy atom. The average Bonchev–Trinajstić information content (AvgIpc) is 3.12. The van der Waals surface area contributed by atoms with Gasteiger partial charge in [-0.2, -0.15) is 0 Å². The molecule has 0 amide bonds. The van der Waals surface area contributed by atoms with Gasteiger partial charge in [0.1, 0.15) is 0 Å². The third-order valence-electron chi connectivity index (χ3n) is 2.74. The highest BCUT2D eigenvalue weighted by Gasteiger charge is 2.12. The second-order valence-corrected chi connectivity index (χ2v) is 7.20. The molecular formula is C17H18O3S2. The summed E-state index contributed by atoms with van der Waals surface area (Å²) >= 11 is 3.27. The number of aliphatic hydroxyl groups excluding tert-OH is 1. The number of hydrogen-bond acceptors (Lipinski definition) is 5. The van der Waals surface area contributed by atoms with Crippen molar-refractivity contribution in [3.8, 4) is 21.6 Å². The summed E-state index contributed by atoms with van der Waals surface area (Å²) in [6.45, 7) is 3.59. The van der Waals surface area contributed by atoms with Gasteiger partial charge in [-0.3, -0.25) is 4.79 Å². The topological polar surface area (TPSA) is 46.5 Å². The Morgan fingerprint density at radius 1 is 1.32 bits per heavy atom. The average molecular weight is 334 g/mol. The van der Waals surface area contributed by atoms with Gasteiger partial charge in [-0.05, 0) is 35.4 Å². The van der Waals surface area contributed by atoms with E-state index < -0.39 is 6.10 Å². The van der Waals surface area contributed by atoms with Crippen molar-refractivity contribution in [3.05, 3.63) is 34.5 Å². The molecule has 2 aromatic heterocycles. The Balaban J connectivity index is 2.00. The molecule has 2 rings (SSSR count). The number of aliphatic hydroxyl groups is 1. The van der Waals surface area contributed by atoms with Crippen LogP contribution in [0.1, 0.15) is 25.1 Å². The summed E-state index contributed by atoms with van der Waals surface area (Å²) in [4.78, 5) is 14.9. The van der Waals surface area contributed by atoms with Gasteiger partial charge < -0.3 is 9.84 Å². The predicted octanol–water partition coefficient (Wildman–Crippen LogP) is 3.78. The molecule has 0 saturated carbocycles. The van der Waals surface area contributed by atoms with Gasteiger partial charge in [-0.1, -0.05) is 25.8 Å². The van der Waals surface area contributed by atoms with Gasteiger partial charge in [0.15, 0.2) is 6.10 Å². The molecule has 0 aliphatic heterocycles. The van der Waals surface area contributed by atoms with E-state index in [0.29, 0.717) is 6.42 Å². The quantitative estimate of drug-likeness (QED) is 0.669. The van der Waals surface area contributed by atoms with E-state index in [-0.39, 0.29) is 18.5 Å². The van der Waals surface area contributed by atoms with E-state index in [4.69, 9.17) is 4.74 Å². The van der Waals surface area contributed by atoms with Crippen molar-refractivity contribution in [2.24, 2.45) is 5.92 Å². The molecule has 0 aliphatic rings. The number of ether oxygens (including phenoxy) is 1. The molecule has 0 aliphatic carbocycles. The van der Waals surface area contributed by atoms with Gasteiger partial charge in [-0.15, -0.1) is 22.7 Å². The summed E-state index contributed by atoms with van der Waals surface area (Å²) in [6.07, 6.45) is -0.432. The fraction of sp³-hybridized carbons (Fsp3) is 0.353. The maximum Gasteiger partial charge on any atom is 0.307 e. The molecule has 1 atom stereocenters. The SMILES string of the molecule is CC(C)CC(=O)OC(C#Cc1ccc(-c2cccs2)s1)CO. The molecule has 1 unspecified atom stereocenters. The van der Waals surface area contributed by atoms with E-state index in [1.807, 2.05) is 37.4 Å². The number of hydrogen-bond donors (Lipinski definition) is 1. The normalized spacial score (nSPS) is 11.8. The minimum absolute atomic E-state index is 0.227. The Labute approximate surface area is 138 Å². The van der Waals surface area contributed by atoms with Crippen molar-refractivity contribution in [3.63, 3.8) is 0 Å². The lowest BCUT2D eigenvalue weighted by Gasteiger charge is -2.10. The monoisotopic (exact) mass is 334 g/mol. The van der Waals surface area contributed by atoms with E-state index in [2.05, 4.69) is 17.9 Å². The van der Waals surface area contributed by atoms with Gasteiger partial charge in [0.05, 0.1) is 11.5 Å². The standard InChI is InChI=1S/C17H18O3S2/c1-12(2)10-17(19)20-13(11-18)5-6-14-7-8-16(22-14)15-4-3-9-21-15/h3-4,7-9,12-13,18H,10-11H2,1-2H3. The maximum absolute atomic E-state index is 11.6. The van der Waals surface area contributed by atoms with Crippen LogP contribution in [-0.4, -0.2) is 23.8 Å². The molecular weight excluding hydrogens is 316 g/mol. The number of carbonyl (C=O) groups is 1. The highest BCUT2D eigenvalue weighted by atomic mass is 32.1. The molecule has 22 heavy (non-hydrogen) atoms. The highest BCUT2D eigenvalue weighted by molar-refractivity contribution is 7.21. The maximum atomic E-state index is 11.6. The van der Waals surface area contributed by atoms with Gasteiger partial charge >= 0.3 is 5.97 Å². The summed E-state index contributed by atoms with van der Waals surface area (Å²) in [7, 11) is 0. The van der Waals surface area contributed by atoms with Crippen LogP contribution in [0.5, 0.6) is 0 Å². The van der Waals surface area contributed by atoms with E-state index in [0.717, 1.165) is 9.75 Å². The van der Waals surface area contributed by atoms with Crippen molar-refractivity contribution < 1.29 is 14.6 Å². The van der Waals surface area contributed by atoms with Gasteiger partial charge in [-0.25, -0.2) is 0 Å². The second kappa shape index (κ2) is 8.14. The molecule has 0 fully saturated rings. The lowest BCUT2D eigenvalue weighted by atomic mass is 10.1. The molecule has 0 saturated heterocycles. The summed E-state index contributed by atoms with van der Waals surface area (Å²) in [5.41, 5.74) is 0. The van der Waals surface area contributed by atoms with E-state index in [1.54, 1.807) is 22.7 Å². The van der Waals surface area contributed by atoms with E-state index in [9.17, 15) is 9.90 Å². The zero-order valence-corrected chi connectivity index (χ0v) is 14.2. The first-order chi connectivity index (χ1) is 10.6. The van der Waals surface area contributed by atoms with E-state index >= 15 is 0 Å².